The van der Waals surface area contributed by atoms with Gasteiger partial charge in [0.25, 0.3) is 0 Å². The molecule has 104 valence electrons. The third-order valence-electron chi connectivity index (χ3n) is 2.65. The molecule has 2 aromatic carbocycles. The molecular weight excluding hydrogens is 384 g/mol. The second-order valence-electron chi connectivity index (χ2n) is 4.22. The van der Waals surface area contributed by atoms with Gasteiger partial charge in [-0.25, -0.2) is 0 Å². The molecule has 0 saturated carbocycles. The van der Waals surface area contributed by atoms with Crippen molar-refractivity contribution >= 4 is 49.1 Å². The summed E-state index contributed by atoms with van der Waals surface area (Å²) < 4.78 is 1.90. The van der Waals surface area contributed by atoms with Crippen molar-refractivity contribution in [2.24, 2.45) is 0 Å². The van der Waals surface area contributed by atoms with E-state index in [1.54, 1.807) is 0 Å². The molecule has 0 radical (unpaired) electrons. The largest absolute Gasteiger partial charge is 0.384 e. The molecule has 5 heteroatoms. The van der Waals surface area contributed by atoms with Crippen molar-refractivity contribution < 1.29 is 4.79 Å². The average Bonchev–Trinajstić information content (AvgIpc) is 2.41. The SMILES string of the molecule is O=C(CCNc1cccc(Br)c1)Nc1ccccc1Br. The fraction of sp³-hybridized carbons (Fsp3) is 0.133. The first-order chi connectivity index (χ1) is 9.65. The van der Waals surface area contributed by atoms with Gasteiger partial charge in [0, 0.05) is 27.6 Å². The Labute approximate surface area is 135 Å². The number of carbonyl (C=O) groups is 1. The van der Waals surface area contributed by atoms with Crippen molar-refractivity contribution in [3.63, 3.8) is 0 Å². The standard InChI is InChI=1S/C15H14Br2N2O/c16-11-4-3-5-12(10-11)18-9-8-15(20)19-14-7-2-1-6-13(14)17/h1-7,10,18H,8-9H2,(H,19,20). The van der Waals surface area contributed by atoms with Crippen LogP contribution in [0.3, 0.4) is 0 Å². The van der Waals surface area contributed by atoms with Gasteiger partial charge in [0.1, 0.15) is 0 Å². The Morgan fingerprint density at radius 3 is 2.60 bits per heavy atom. The molecule has 0 saturated heterocycles. The first-order valence-electron chi connectivity index (χ1n) is 6.19. The summed E-state index contributed by atoms with van der Waals surface area (Å²) in [4.78, 5) is 11.8. The van der Waals surface area contributed by atoms with E-state index in [4.69, 9.17) is 0 Å². The van der Waals surface area contributed by atoms with Gasteiger partial charge < -0.3 is 10.6 Å². The molecule has 0 aromatic heterocycles. The summed E-state index contributed by atoms with van der Waals surface area (Å²) in [5, 5.41) is 6.09. The van der Waals surface area contributed by atoms with Gasteiger partial charge in [0.15, 0.2) is 0 Å². The van der Waals surface area contributed by atoms with Crippen molar-refractivity contribution in [3.05, 3.63) is 57.5 Å². The van der Waals surface area contributed by atoms with Crippen molar-refractivity contribution in [1.82, 2.24) is 0 Å². The van der Waals surface area contributed by atoms with Gasteiger partial charge in [-0.15, -0.1) is 0 Å². The quantitative estimate of drug-likeness (QED) is 0.770. The van der Waals surface area contributed by atoms with E-state index < -0.39 is 0 Å². The first kappa shape index (κ1) is 15.1. The molecule has 2 rings (SSSR count). The molecule has 0 spiro atoms. The van der Waals surface area contributed by atoms with Crippen LogP contribution >= 0.6 is 31.9 Å². The molecule has 0 aliphatic heterocycles. The van der Waals surface area contributed by atoms with Crippen molar-refractivity contribution in [2.45, 2.75) is 6.42 Å². The average molecular weight is 398 g/mol. The topological polar surface area (TPSA) is 41.1 Å². The summed E-state index contributed by atoms with van der Waals surface area (Å²) in [5.41, 5.74) is 1.79. The van der Waals surface area contributed by atoms with Crippen LogP contribution in [0.4, 0.5) is 11.4 Å². The van der Waals surface area contributed by atoms with Crippen LogP contribution in [0.2, 0.25) is 0 Å². The van der Waals surface area contributed by atoms with Gasteiger partial charge >= 0.3 is 0 Å². The lowest BCUT2D eigenvalue weighted by Crippen LogP contribution is -2.16. The van der Waals surface area contributed by atoms with E-state index in [-0.39, 0.29) is 5.91 Å². The summed E-state index contributed by atoms with van der Waals surface area (Å²) in [6, 6.07) is 15.4. The number of rotatable bonds is 5. The summed E-state index contributed by atoms with van der Waals surface area (Å²) in [7, 11) is 0. The summed E-state index contributed by atoms with van der Waals surface area (Å²) in [6.07, 6.45) is 0.411. The van der Waals surface area contributed by atoms with Gasteiger partial charge in [-0.05, 0) is 46.3 Å². The zero-order valence-electron chi connectivity index (χ0n) is 10.7. The maximum Gasteiger partial charge on any atom is 0.226 e. The highest BCUT2D eigenvalue weighted by atomic mass is 79.9. The number of amides is 1. The molecular formula is C15H14Br2N2O. The summed E-state index contributed by atoms with van der Waals surface area (Å²) >= 11 is 6.81. The highest BCUT2D eigenvalue weighted by molar-refractivity contribution is 9.10. The van der Waals surface area contributed by atoms with Crippen molar-refractivity contribution in [3.8, 4) is 0 Å². The number of hydrogen-bond donors (Lipinski definition) is 2. The molecule has 0 aliphatic rings. The second-order valence-corrected chi connectivity index (χ2v) is 5.99. The molecule has 0 atom stereocenters. The van der Waals surface area contributed by atoms with E-state index >= 15 is 0 Å². The Hall–Kier alpha value is -1.33. The number of para-hydroxylation sites is 1. The predicted octanol–water partition coefficient (Wildman–Crippen LogP) is 4.65. The Morgan fingerprint density at radius 2 is 1.85 bits per heavy atom. The number of halogens is 2. The molecule has 0 heterocycles. The molecule has 1 amide bonds. The molecule has 0 bridgehead atoms. The third kappa shape index (κ3) is 4.65. The van der Waals surface area contributed by atoms with Gasteiger partial charge in [0.2, 0.25) is 5.91 Å². The predicted molar refractivity (Wildman–Crippen MR) is 90.0 cm³/mol. The van der Waals surface area contributed by atoms with Crippen LogP contribution in [0.15, 0.2) is 57.5 Å². The lowest BCUT2D eigenvalue weighted by molar-refractivity contribution is -0.115. The zero-order valence-corrected chi connectivity index (χ0v) is 13.9. The van der Waals surface area contributed by atoms with E-state index in [0.717, 1.165) is 20.3 Å². The normalized spacial score (nSPS) is 10.1. The van der Waals surface area contributed by atoms with Crippen LogP contribution in [0.5, 0.6) is 0 Å². The minimum Gasteiger partial charge on any atom is -0.384 e. The zero-order chi connectivity index (χ0) is 14.4. The van der Waals surface area contributed by atoms with Crippen LogP contribution in [-0.2, 0) is 4.79 Å². The number of carbonyl (C=O) groups excluding carboxylic acids is 1. The van der Waals surface area contributed by atoms with Crippen LogP contribution < -0.4 is 10.6 Å². The van der Waals surface area contributed by atoms with E-state index in [1.807, 2.05) is 48.5 Å². The van der Waals surface area contributed by atoms with Crippen molar-refractivity contribution in [2.75, 3.05) is 17.2 Å². The summed E-state index contributed by atoms with van der Waals surface area (Å²) in [6.45, 7) is 0.590. The minimum absolute atomic E-state index is 0.0144. The monoisotopic (exact) mass is 396 g/mol. The molecule has 20 heavy (non-hydrogen) atoms. The number of hydrogen-bond acceptors (Lipinski definition) is 2. The Bertz CT molecular complexity index is 602. The van der Waals surface area contributed by atoms with Crippen LogP contribution in [0.1, 0.15) is 6.42 Å². The van der Waals surface area contributed by atoms with E-state index in [2.05, 4.69) is 42.5 Å². The Morgan fingerprint density at radius 1 is 1.05 bits per heavy atom. The number of anilines is 2. The molecule has 3 nitrogen and oxygen atoms in total. The lowest BCUT2D eigenvalue weighted by atomic mass is 10.3. The van der Waals surface area contributed by atoms with E-state index in [0.29, 0.717) is 13.0 Å². The molecule has 2 aromatic rings. The van der Waals surface area contributed by atoms with Crippen LogP contribution in [0, 0.1) is 0 Å². The fourth-order valence-electron chi connectivity index (χ4n) is 1.69. The minimum atomic E-state index is -0.0144. The Balaban J connectivity index is 1.80. The number of nitrogens with one attached hydrogen (secondary N) is 2. The molecule has 0 unspecified atom stereocenters. The lowest BCUT2D eigenvalue weighted by Gasteiger charge is -2.09. The maximum absolute atomic E-state index is 11.8. The first-order valence-corrected chi connectivity index (χ1v) is 7.77. The van der Waals surface area contributed by atoms with Crippen molar-refractivity contribution in [1.29, 1.82) is 0 Å². The molecule has 0 aliphatic carbocycles. The molecule has 0 fully saturated rings. The summed E-state index contributed by atoms with van der Waals surface area (Å²) in [5.74, 6) is -0.0144. The highest BCUT2D eigenvalue weighted by Crippen LogP contribution is 2.21. The van der Waals surface area contributed by atoms with Gasteiger partial charge in [-0.2, -0.15) is 0 Å². The number of benzene rings is 2. The highest BCUT2D eigenvalue weighted by Gasteiger charge is 2.04. The second kappa shape index (κ2) is 7.45. The smallest absolute Gasteiger partial charge is 0.226 e. The van der Waals surface area contributed by atoms with Gasteiger partial charge in [-0.3, -0.25) is 4.79 Å². The van der Waals surface area contributed by atoms with Gasteiger partial charge in [0.05, 0.1) is 5.69 Å². The fourth-order valence-corrected chi connectivity index (χ4v) is 2.48. The van der Waals surface area contributed by atoms with Crippen LogP contribution in [0.25, 0.3) is 0 Å². The third-order valence-corrected chi connectivity index (χ3v) is 3.84. The van der Waals surface area contributed by atoms with E-state index in [1.165, 1.54) is 0 Å². The Kier molecular flexibility index (Phi) is 5.61. The van der Waals surface area contributed by atoms with Gasteiger partial charge in [-0.1, -0.05) is 34.1 Å². The maximum atomic E-state index is 11.8. The van der Waals surface area contributed by atoms with E-state index in [9.17, 15) is 4.79 Å². The van der Waals surface area contributed by atoms with Crippen LogP contribution in [-0.4, -0.2) is 12.5 Å². The molecule has 2 N–H and O–H groups in total.